The lowest BCUT2D eigenvalue weighted by Crippen LogP contribution is -2.27. The minimum atomic E-state index is 0.538. The van der Waals surface area contributed by atoms with Gasteiger partial charge in [0, 0.05) is 7.11 Å². The van der Waals surface area contributed by atoms with E-state index < -0.39 is 0 Å². The highest BCUT2D eigenvalue weighted by Crippen LogP contribution is 2.29. The number of rotatable bonds is 1. The second-order valence-corrected chi connectivity index (χ2v) is 3.67. The molecule has 1 heteroatoms. The largest absolute Gasteiger partial charge is 0.381 e. The fourth-order valence-corrected chi connectivity index (χ4v) is 1.99. The summed E-state index contributed by atoms with van der Waals surface area (Å²) < 4.78 is 5.35. The molecule has 0 bridgehead atoms. The molecule has 1 rings (SSSR count). The fourth-order valence-electron chi connectivity index (χ4n) is 1.99. The summed E-state index contributed by atoms with van der Waals surface area (Å²) >= 11 is 0. The second-order valence-electron chi connectivity index (χ2n) is 3.67. The molecule has 1 aliphatic carbocycles. The third-order valence-corrected chi connectivity index (χ3v) is 2.66. The average Bonchev–Trinajstić information content (AvgIpc) is 1.88. The van der Waals surface area contributed by atoms with Crippen molar-refractivity contribution in [3.8, 4) is 0 Å². The zero-order chi connectivity index (χ0) is 7.56. The maximum absolute atomic E-state index is 5.35. The lowest BCUT2D eigenvalue weighted by atomic mass is 9.81. The van der Waals surface area contributed by atoms with E-state index in [0.29, 0.717) is 6.10 Å². The van der Waals surface area contributed by atoms with E-state index in [0.717, 1.165) is 11.8 Å². The van der Waals surface area contributed by atoms with Gasteiger partial charge in [0.1, 0.15) is 0 Å². The first-order valence-corrected chi connectivity index (χ1v) is 4.26. The van der Waals surface area contributed by atoms with Crippen LogP contribution in [-0.4, -0.2) is 13.2 Å². The minimum Gasteiger partial charge on any atom is -0.381 e. The molecule has 0 aromatic carbocycles. The van der Waals surface area contributed by atoms with Gasteiger partial charge in [-0.05, 0) is 31.1 Å². The first-order valence-electron chi connectivity index (χ1n) is 4.26. The summed E-state index contributed by atoms with van der Waals surface area (Å²) in [4.78, 5) is 0. The van der Waals surface area contributed by atoms with Crippen LogP contribution in [0.4, 0.5) is 0 Å². The third kappa shape index (κ3) is 1.72. The highest BCUT2D eigenvalue weighted by molar-refractivity contribution is 4.75. The summed E-state index contributed by atoms with van der Waals surface area (Å²) in [5.41, 5.74) is 0. The van der Waals surface area contributed by atoms with Crippen molar-refractivity contribution in [2.75, 3.05) is 7.11 Å². The summed E-state index contributed by atoms with van der Waals surface area (Å²) in [5.74, 6) is 1.69. The molecule has 0 aromatic rings. The van der Waals surface area contributed by atoms with Crippen LogP contribution in [0.5, 0.6) is 0 Å². The molecule has 0 N–H and O–H groups in total. The van der Waals surface area contributed by atoms with E-state index in [1.807, 2.05) is 7.11 Å². The van der Waals surface area contributed by atoms with Crippen molar-refractivity contribution in [3.05, 3.63) is 0 Å². The van der Waals surface area contributed by atoms with Gasteiger partial charge in [-0.25, -0.2) is 0 Å². The Bertz CT molecular complexity index is 101. The van der Waals surface area contributed by atoms with Crippen LogP contribution in [0.1, 0.15) is 33.1 Å². The lowest BCUT2D eigenvalue weighted by Gasteiger charge is -2.31. The van der Waals surface area contributed by atoms with Gasteiger partial charge in [-0.1, -0.05) is 13.8 Å². The Balaban J connectivity index is 2.36. The molecule has 0 radical (unpaired) electrons. The van der Waals surface area contributed by atoms with Gasteiger partial charge in [0.15, 0.2) is 0 Å². The van der Waals surface area contributed by atoms with Crippen LogP contribution < -0.4 is 0 Å². The molecule has 60 valence electrons. The first kappa shape index (κ1) is 8.06. The van der Waals surface area contributed by atoms with Crippen molar-refractivity contribution < 1.29 is 4.74 Å². The zero-order valence-electron chi connectivity index (χ0n) is 7.26. The molecule has 0 heterocycles. The molecule has 1 saturated carbocycles. The summed E-state index contributed by atoms with van der Waals surface area (Å²) in [7, 11) is 1.83. The molecule has 1 aliphatic rings. The van der Waals surface area contributed by atoms with E-state index in [4.69, 9.17) is 4.74 Å². The van der Waals surface area contributed by atoms with E-state index in [1.54, 1.807) is 0 Å². The molecular formula is C9H18O. The summed E-state index contributed by atoms with van der Waals surface area (Å²) in [6, 6.07) is 0. The fraction of sp³-hybridized carbons (Fsp3) is 1.00. The summed E-state index contributed by atoms with van der Waals surface area (Å²) in [6.45, 7) is 4.63. The molecule has 0 saturated heterocycles. The van der Waals surface area contributed by atoms with Crippen LogP contribution in [0.2, 0.25) is 0 Å². The van der Waals surface area contributed by atoms with Gasteiger partial charge in [0.25, 0.3) is 0 Å². The van der Waals surface area contributed by atoms with Crippen molar-refractivity contribution in [3.63, 3.8) is 0 Å². The molecule has 1 nitrogen and oxygen atoms in total. The van der Waals surface area contributed by atoms with Crippen molar-refractivity contribution in [2.24, 2.45) is 11.8 Å². The number of ether oxygens (including phenoxy) is 1. The van der Waals surface area contributed by atoms with Gasteiger partial charge in [0.05, 0.1) is 6.10 Å². The van der Waals surface area contributed by atoms with E-state index in [2.05, 4.69) is 13.8 Å². The minimum absolute atomic E-state index is 0.538. The number of methoxy groups -OCH3 is 1. The van der Waals surface area contributed by atoms with E-state index in [-0.39, 0.29) is 0 Å². The van der Waals surface area contributed by atoms with Crippen molar-refractivity contribution in [1.82, 2.24) is 0 Å². The molecular weight excluding hydrogens is 124 g/mol. The second kappa shape index (κ2) is 3.38. The van der Waals surface area contributed by atoms with Crippen LogP contribution >= 0.6 is 0 Å². The van der Waals surface area contributed by atoms with E-state index >= 15 is 0 Å². The Kier molecular flexibility index (Phi) is 2.72. The highest BCUT2D eigenvalue weighted by Gasteiger charge is 2.24. The summed E-state index contributed by atoms with van der Waals surface area (Å²) in [6.07, 6.45) is 4.50. The van der Waals surface area contributed by atoms with Crippen LogP contribution in [-0.2, 0) is 4.74 Å². The van der Waals surface area contributed by atoms with Crippen molar-refractivity contribution in [1.29, 1.82) is 0 Å². The van der Waals surface area contributed by atoms with Gasteiger partial charge in [-0.15, -0.1) is 0 Å². The molecule has 0 amide bonds. The molecule has 10 heavy (non-hydrogen) atoms. The normalized spacial score (nSPS) is 41.7. The smallest absolute Gasteiger partial charge is 0.0597 e. The summed E-state index contributed by atoms with van der Waals surface area (Å²) in [5, 5.41) is 0. The standard InChI is InChI=1S/C9H18O/c1-7-4-5-9(10-3)8(2)6-7/h7-9H,4-6H2,1-3H3/t7?,8-,9-/m0/s1. The first-order chi connectivity index (χ1) is 4.74. The average molecular weight is 142 g/mol. The Hall–Kier alpha value is -0.0400. The van der Waals surface area contributed by atoms with Crippen LogP contribution in [0, 0.1) is 11.8 Å². The predicted molar refractivity (Wildman–Crippen MR) is 43.0 cm³/mol. The van der Waals surface area contributed by atoms with Crippen LogP contribution in [0.15, 0.2) is 0 Å². The van der Waals surface area contributed by atoms with E-state index in [9.17, 15) is 0 Å². The van der Waals surface area contributed by atoms with Gasteiger partial charge in [-0.3, -0.25) is 0 Å². The quantitative estimate of drug-likeness (QED) is 0.546. The van der Waals surface area contributed by atoms with Gasteiger partial charge < -0.3 is 4.74 Å². The Morgan fingerprint density at radius 2 is 1.90 bits per heavy atom. The molecule has 0 aliphatic heterocycles. The molecule has 0 spiro atoms. The number of hydrogen-bond acceptors (Lipinski definition) is 1. The monoisotopic (exact) mass is 142 g/mol. The SMILES string of the molecule is CO[C@H]1CCC(C)C[C@@H]1C. The van der Waals surface area contributed by atoms with Gasteiger partial charge in [-0.2, -0.15) is 0 Å². The zero-order valence-corrected chi connectivity index (χ0v) is 7.26. The van der Waals surface area contributed by atoms with Crippen LogP contribution in [0.3, 0.4) is 0 Å². The maximum Gasteiger partial charge on any atom is 0.0597 e. The Morgan fingerprint density at radius 3 is 2.40 bits per heavy atom. The number of hydrogen-bond donors (Lipinski definition) is 0. The third-order valence-electron chi connectivity index (χ3n) is 2.66. The highest BCUT2D eigenvalue weighted by atomic mass is 16.5. The van der Waals surface area contributed by atoms with E-state index in [1.165, 1.54) is 19.3 Å². The predicted octanol–water partition coefficient (Wildman–Crippen LogP) is 2.46. The molecule has 3 atom stereocenters. The van der Waals surface area contributed by atoms with Crippen molar-refractivity contribution in [2.45, 2.75) is 39.2 Å². The van der Waals surface area contributed by atoms with Gasteiger partial charge in [0.2, 0.25) is 0 Å². The van der Waals surface area contributed by atoms with Gasteiger partial charge >= 0.3 is 0 Å². The lowest BCUT2D eigenvalue weighted by molar-refractivity contribution is 0.0180. The molecule has 1 unspecified atom stereocenters. The van der Waals surface area contributed by atoms with Crippen LogP contribution in [0.25, 0.3) is 0 Å². The maximum atomic E-state index is 5.35. The Labute approximate surface area is 63.8 Å². The topological polar surface area (TPSA) is 9.23 Å². The molecule has 1 fully saturated rings. The Morgan fingerprint density at radius 1 is 1.20 bits per heavy atom. The molecule has 0 aromatic heterocycles. The van der Waals surface area contributed by atoms with Crippen molar-refractivity contribution >= 4 is 0 Å².